The van der Waals surface area contributed by atoms with Gasteiger partial charge in [0.1, 0.15) is 21.8 Å². The molecule has 0 bridgehead atoms. The average molecular weight is 1120 g/mol. The lowest BCUT2D eigenvalue weighted by atomic mass is 9.76. The number of hydrogen-bond acceptors (Lipinski definition) is 11. The maximum absolute atomic E-state index is 14.9. The SMILES string of the molecule is CC[C@@H](C)C(=O)N[C@H](C(=O)N1C[C@@H](NC(=O)c2ccc(C(=O)N[C@H]3C[C@@H](c4nc(-c5ccc6ccccc6c5)cs4)N(C(=O)[C@@H](CC(=O)[C@H](C)NC)C(C)(C)C)C3)cc2)C[C@H]1c1nc(-c2ccc3ccccc3c2)cs1)C(C)(C)C. The number of ketones is 1. The molecule has 0 aliphatic carbocycles. The van der Waals surface area contributed by atoms with E-state index < -0.39 is 53.0 Å². The minimum atomic E-state index is -0.831. The second-order valence-corrected chi connectivity index (χ2v) is 25.7. The number of Topliss-reactive ketones (excluding diaryl/α,β-unsaturated/α-hetero) is 1. The lowest BCUT2D eigenvalue weighted by molar-refractivity contribution is -0.143. The Hall–Kier alpha value is -7.14. The first kappa shape index (κ1) is 57.5. The minimum absolute atomic E-state index is 0.0494. The second-order valence-electron chi connectivity index (χ2n) is 23.9. The highest BCUT2D eigenvalue weighted by Gasteiger charge is 2.46. The van der Waals surface area contributed by atoms with Crippen molar-refractivity contribution in [2.24, 2.45) is 22.7 Å². The first-order valence-corrected chi connectivity index (χ1v) is 29.6. The van der Waals surface area contributed by atoms with Crippen molar-refractivity contribution in [3.63, 3.8) is 0 Å². The van der Waals surface area contributed by atoms with E-state index >= 15 is 0 Å². The molecular formula is C64H74N8O6S2. The average Bonchev–Trinajstić information content (AvgIpc) is 4.36. The van der Waals surface area contributed by atoms with Gasteiger partial charge in [-0.05, 0) is 102 Å². The maximum atomic E-state index is 14.9. The van der Waals surface area contributed by atoms with Crippen LogP contribution < -0.4 is 21.3 Å². The molecule has 16 heteroatoms. The molecule has 0 spiro atoms. The number of aromatic nitrogens is 2. The fourth-order valence-corrected chi connectivity index (χ4v) is 12.7. The van der Waals surface area contributed by atoms with Gasteiger partial charge in [-0.15, -0.1) is 22.7 Å². The van der Waals surface area contributed by atoms with Crippen LogP contribution in [0.3, 0.4) is 0 Å². The van der Waals surface area contributed by atoms with E-state index in [0.29, 0.717) is 30.4 Å². The van der Waals surface area contributed by atoms with Crippen LogP contribution in [0.1, 0.15) is 131 Å². The number of benzene rings is 5. The number of nitrogens with one attached hydrogen (secondary N) is 4. The number of nitrogens with zero attached hydrogens (tertiary/aromatic N) is 4. The van der Waals surface area contributed by atoms with Crippen LogP contribution in [0.5, 0.6) is 0 Å². The summed E-state index contributed by atoms with van der Waals surface area (Å²) in [6.07, 6.45) is 1.51. The Bertz CT molecular complexity index is 3210. The molecule has 2 aliphatic heterocycles. The van der Waals surface area contributed by atoms with Gasteiger partial charge in [0.2, 0.25) is 17.7 Å². The Morgan fingerprint density at radius 3 is 1.49 bits per heavy atom. The fraction of sp³-hybridized carbons (Fsp3) is 0.406. The van der Waals surface area contributed by atoms with Gasteiger partial charge in [-0.25, -0.2) is 9.97 Å². The molecule has 2 aliphatic rings. The monoisotopic (exact) mass is 1110 g/mol. The quantitative estimate of drug-likeness (QED) is 0.0689. The Morgan fingerprint density at radius 2 is 1.06 bits per heavy atom. The highest BCUT2D eigenvalue weighted by atomic mass is 32.1. The van der Waals surface area contributed by atoms with E-state index in [1.165, 1.54) is 22.7 Å². The molecule has 0 radical (unpaired) electrons. The van der Waals surface area contributed by atoms with Gasteiger partial charge in [0.15, 0.2) is 0 Å². The van der Waals surface area contributed by atoms with Crippen molar-refractivity contribution in [1.82, 2.24) is 41.0 Å². The molecule has 2 saturated heterocycles. The molecule has 418 valence electrons. The summed E-state index contributed by atoms with van der Waals surface area (Å²) in [6, 6.07) is 32.2. The molecule has 5 amide bonds. The third-order valence-electron chi connectivity index (χ3n) is 16.1. The number of rotatable bonds is 17. The molecule has 0 saturated carbocycles. The smallest absolute Gasteiger partial charge is 0.251 e. The summed E-state index contributed by atoms with van der Waals surface area (Å²) in [5.74, 6) is -2.25. The largest absolute Gasteiger partial charge is 0.347 e. The van der Waals surface area contributed by atoms with E-state index in [2.05, 4.69) is 75.9 Å². The minimum Gasteiger partial charge on any atom is -0.347 e. The van der Waals surface area contributed by atoms with Crippen molar-refractivity contribution in [2.75, 3.05) is 20.1 Å². The summed E-state index contributed by atoms with van der Waals surface area (Å²) in [7, 11) is 1.73. The molecule has 4 N–H and O–H groups in total. The highest BCUT2D eigenvalue weighted by Crippen LogP contribution is 2.42. The zero-order valence-corrected chi connectivity index (χ0v) is 49.1. The predicted octanol–water partition coefficient (Wildman–Crippen LogP) is 11.2. The predicted molar refractivity (Wildman–Crippen MR) is 319 cm³/mol. The van der Waals surface area contributed by atoms with Crippen molar-refractivity contribution < 1.29 is 28.8 Å². The van der Waals surface area contributed by atoms with Crippen LogP contribution in [-0.4, -0.2) is 99.4 Å². The lowest BCUT2D eigenvalue weighted by Crippen LogP contribution is -2.55. The number of likely N-dealkylation sites (N-methyl/N-ethyl adjacent to an activating group) is 1. The van der Waals surface area contributed by atoms with Gasteiger partial charge in [0.25, 0.3) is 11.8 Å². The van der Waals surface area contributed by atoms with Crippen LogP contribution in [0.2, 0.25) is 0 Å². The molecule has 2 aromatic heterocycles. The van der Waals surface area contributed by atoms with Gasteiger partial charge in [-0.2, -0.15) is 0 Å². The number of carbonyl (C=O) groups is 6. The van der Waals surface area contributed by atoms with E-state index in [1.807, 2.05) is 96.5 Å². The maximum Gasteiger partial charge on any atom is 0.251 e. The number of amides is 5. The summed E-state index contributed by atoms with van der Waals surface area (Å²) in [4.78, 5) is 98.6. The molecule has 4 heterocycles. The van der Waals surface area contributed by atoms with Gasteiger partial charge in [-0.3, -0.25) is 28.8 Å². The van der Waals surface area contributed by atoms with Gasteiger partial charge in [-0.1, -0.05) is 128 Å². The van der Waals surface area contributed by atoms with Crippen LogP contribution in [-0.2, 0) is 19.2 Å². The molecule has 8 atom stereocenters. The van der Waals surface area contributed by atoms with Crippen LogP contribution in [0.15, 0.2) is 120 Å². The zero-order chi connectivity index (χ0) is 57.2. The molecular weight excluding hydrogens is 1040 g/mol. The van der Waals surface area contributed by atoms with Crippen LogP contribution in [0, 0.1) is 22.7 Å². The summed E-state index contributed by atoms with van der Waals surface area (Å²) >= 11 is 2.95. The Labute approximate surface area is 477 Å². The van der Waals surface area contributed by atoms with Crippen molar-refractivity contribution in [3.05, 3.63) is 141 Å². The molecule has 5 aromatic carbocycles. The first-order chi connectivity index (χ1) is 38.1. The van der Waals surface area contributed by atoms with Crippen LogP contribution in [0.4, 0.5) is 0 Å². The first-order valence-electron chi connectivity index (χ1n) is 27.8. The molecule has 2 fully saturated rings. The van der Waals surface area contributed by atoms with E-state index in [1.54, 1.807) is 48.0 Å². The lowest BCUT2D eigenvalue weighted by Gasteiger charge is -2.36. The summed E-state index contributed by atoms with van der Waals surface area (Å²) in [5, 5.41) is 22.4. The van der Waals surface area contributed by atoms with Gasteiger partial charge in [0.05, 0.1) is 29.5 Å². The third kappa shape index (κ3) is 12.7. The zero-order valence-electron chi connectivity index (χ0n) is 47.5. The van der Waals surface area contributed by atoms with Crippen molar-refractivity contribution in [1.29, 1.82) is 0 Å². The second kappa shape index (κ2) is 23.9. The number of carbonyl (C=O) groups excluding carboxylic acids is 6. The third-order valence-corrected chi connectivity index (χ3v) is 18.0. The van der Waals surface area contributed by atoms with Gasteiger partial charge >= 0.3 is 0 Å². The van der Waals surface area contributed by atoms with Gasteiger partial charge < -0.3 is 31.1 Å². The number of hydrogen-bond donors (Lipinski definition) is 4. The van der Waals surface area contributed by atoms with Crippen molar-refractivity contribution in [3.8, 4) is 22.5 Å². The van der Waals surface area contributed by atoms with E-state index in [-0.39, 0.29) is 60.7 Å². The Kier molecular flexibility index (Phi) is 17.2. The number of thiazole rings is 2. The van der Waals surface area contributed by atoms with Crippen LogP contribution >= 0.6 is 22.7 Å². The molecule has 80 heavy (non-hydrogen) atoms. The highest BCUT2D eigenvalue weighted by molar-refractivity contribution is 7.10. The van der Waals surface area contributed by atoms with Crippen LogP contribution in [0.25, 0.3) is 44.1 Å². The Morgan fingerprint density at radius 1 is 0.613 bits per heavy atom. The molecule has 0 unspecified atom stereocenters. The van der Waals surface area contributed by atoms with Crippen molar-refractivity contribution in [2.45, 2.75) is 124 Å². The molecule has 9 rings (SSSR count). The van der Waals surface area contributed by atoms with Gasteiger partial charge in [0, 0.05) is 76.4 Å². The fourth-order valence-electron chi connectivity index (χ4n) is 10.8. The topological polar surface area (TPSA) is 183 Å². The summed E-state index contributed by atoms with van der Waals surface area (Å²) in [6.45, 7) is 17.8. The standard InChI is InChI=1S/C64H74N8O6S2/c1-11-37(2)56(74)70-55(64(7,8)9)62(78)72-34-48(31-53(72)60-69-51(36-80-60)46-27-21-40-17-13-15-19-44(40)29-46)67-58(76)42-24-22-41(23-25-42)57(75)66-47-30-52(71(33-47)61(77)49(63(4,5)6)32-54(73)38(3)65-10)59-68-50(35-79-59)45-26-20-39-16-12-14-18-43(39)28-45/h12-29,35-38,47-49,52-53,55,65H,11,30-34H2,1-10H3,(H,66,75)(H,67,76)(H,70,74)/t37-,38+,47+,48+,49-,52+,53+,55-/m1/s1. The molecule has 7 aromatic rings. The van der Waals surface area contributed by atoms with E-state index in [0.717, 1.165) is 54.1 Å². The molecule has 14 nitrogen and oxygen atoms in total. The summed E-state index contributed by atoms with van der Waals surface area (Å²) < 4.78 is 0. The number of likely N-dealkylation sites (tertiary alicyclic amines) is 2. The normalized spacial score (nSPS) is 19.1. The van der Waals surface area contributed by atoms with Crippen molar-refractivity contribution >= 4 is 79.5 Å². The summed E-state index contributed by atoms with van der Waals surface area (Å²) in [5.41, 5.74) is 3.02. The van der Waals surface area contributed by atoms with E-state index in [9.17, 15) is 28.8 Å². The number of fused-ring (bicyclic) bond motifs is 2. The van der Waals surface area contributed by atoms with E-state index in [4.69, 9.17) is 9.97 Å². The Balaban J connectivity index is 0.918.